The summed E-state index contributed by atoms with van der Waals surface area (Å²) in [6.45, 7) is 0. The molecule has 0 saturated heterocycles. The first kappa shape index (κ1) is 13.2. The fourth-order valence-electron chi connectivity index (χ4n) is 2.11. The van der Waals surface area contributed by atoms with E-state index in [1.807, 2.05) is 61.5 Å². The summed E-state index contributed by atoms with van der Waals surface area (Å²) in [6, 6.07) is 13.2. The smallest absolute Gasteiger partial charge is 0.249 e. The van der Waals surface area contributed by atoms with Crippen LogP contribution in [0.4, 0.5) is 5.69 Å². The van der Waals surface area contributed by atoms with Gasteiger partial charge in [-0.2, -0.15) is 4.98 Å². The molecule has 0 saturated carbocycles. The van der Waals surface area contributed by atoms with Crippen molar-refractivity contribution in [3.05, 3.63) is 54.4 Å². The van der Waals surface area contributed by atoms with Gasteiger partial charge in [-0.25, -0.2) is 0 Å². The monoisotopic (exact) mass is 281 g/mol. The van der Waals surface area contributed by atoms with E-state index in [1.165, 1.54) is 0 Å². The molecule has 0 aliphatic heterocycles. The van der Waals surface area contributed by atoms with E-state index in [-0.39, 0.29) is 0 Å². The first-order chi connectivity index (χ1) is 10.2. The molecule has 0 spiro atoms. The molecule has 0 atom stereocenters. The second-order valence-electron chi connectivity index (χ2n) is 4.84. The van der Waals surface area contributed by atoms with E-state index in [0.29, 0.717) is 23.0 Å². The van der Waals surface area contributed by atoms with E-state index < -0.39 is 0 Å². The second kappa shape index (κ2) is 5.28. The molecule has 0 amide bonds. The van der Waals surface area contributed by atoms with Crippen LogP contribution in [0, 0.1) is 0 Å². The quantitative estimate of drug-likeness (QED) is 0.690. The molecule has 0 unspecified atom stereocenters. The molecule has 0 fully saturated rings. The summed E-state index contributed by atoms with van der Waals surface area (Å²) >= 11 is 0. The zero-order chi connectivity index (χ0) is 14.8. The highest BCUT2D eigenvalue weighted by molar-refractivity contribution is 5.78. The summed E-state index contributed by atoms with van der Waals surface area (Å²) < 4.78 is 7.49. The number of hydrogen-bond acceptors (Lipinski definition) is 4. The van der Waals surface area contributed by atoms with Gasteiger partial charge in [0.05, 0.1) is 0 Å². The highest BCUT2D eigenvalue weighted by Gasteiger charge is 2.13. The maximum Gasteiger partial charge on any atom is 0.249 e. The number of carbonyl (C=O) groups excluding carboxylic acids is 1. The first-order valence-corrected chi connectivity index (χ1v) is 6.56. The SMILES string of the molecule is CN(C)c1cccc(Oc2nc3ccccn3c2C=O)c1. The Labute approximate surface area is 122 Å². The van der Waals surface area contributed by atoms with Crippen LogP contribution in [0.15, 0.2) is 48.7 Å². The molecule has 2 aromatic heterocycles. The van der Waals surface area contributed by atoms with Gasteiger partial charge in [0.1, 0.15) is 11.4 Å². The van der Waals surface area contributed by atoms with Crippen LogP contribution in [-0.2, 0) is 0 Å². The number of benzene rings is 1. The number of aromatic nitrogens is 2. The highest BCUT2D eigenvalue weighted by Crippen LogP contribution is 2.27. The molecular weight excluding hydrogens is 266 g/mol. The molecule has 5 heteroatoms. The van der Waals surface area contributed by atoms with Crippen molar-refractivity contribution in [3.8, 4) is 11.6 Å². The molecule has 1 aromatic carbocycles. The van der Waals surface area contributed by atoms with E-state index in [9.17, 15) is 4.79 Å². The maximum atomic E-state index is 11.3. The number of fused-ring (bicyclic) bond motifs is 1. The van der Waals surface area contributed by atoms with Crippen LogP contribution in [0.5, 0.6) is 11.6 Å². The number of rotatable bonds is 4. The van der Waals surface area contributed by atoms with Crippen LogP contribution in [0.25, 0.3) is 5.65 Å². The van der Waals surface area contributed by atoms with Gasteiger partial charge < -0.3 is 9.64 Å². The normalized spacial score (nSPS) is 10.6. The number of aldehydes is 1. The third-order valence-corrected chi connectivity index (χ3v) is 3.19. The lowest BCUT2D eigenvalue weighted by Gasteiger charge is -2.13. The summed E-state index contributed by atoms with van der Waals surface area (Å²) in [4.78, 5) is 17.7. The Morgan fingerprint density at radius 3 is 2.81 bits per heavy atom. The van der Waals surface area contributed by atoms with Gasteiger partial charge in [-0.15, -0.1) is 0 Å². The van der Waals surface area contributed by atoms with Crippen molar-refractivity contribution >= 4 is 17.6 Å². The van der Waals surface area contributed by atoms with Gasteiger partial charge in [0.25, 0.3) is 0 Å². The number of pyridine rings is 1. The predicted octanol–water partition coefficient (Wildman–Crippen LogP) is 3.01. The summed E-state index contributed by atoms with van der Waals surface area (Å²) in [5.74, 6) is 0.958. The number of imidazole rings is 1. The van der Waals surface area contributed by atoms with Gasteiger partial charge in [0, 0.05) is 32.0 Å². The van der Waals surface area contributed by atoms with E-state index in [2.05, 4.69) is 4.98 Å². The van der Waals surface area contributed by atoms with Gasteiger partial charge in [-0.05, 0) is 24.3 Å². The summed E-state index contributed by atoms with van der Waals surface area (Å²) in [6.07, 6.45) is 2.54. The summed E-state index contributed by atoms with van der Waals surface area (Å²) in [7, 11) is 3.92. The van der Waals surface area contributed by atoms with Gasteiger partial charge >= 0.3 is 0 Å². The fraction of sp³-hybridized carbons (Fsp3) is 0.125. The summed E-state index contributed by atoms with van der Waals surface area (Å²) in [5.41, 5.74) is 2.10. The van der Waals surface area contributed by atoms with Crippen molar-refractivity contribution in [2.75, 3.05) is 19.0 Å². The van der Waals surface area contributed by atoms with E-state index >= 15 is 0 Å². The molecule has 0 aliphatic carbocycles. The Bertz CT molecular complexity index is 793. The van der Waals surface area contributed by atoms with Crippen LogP contribution in [0.3, 0.4) is 0 Å². The molecular formula is C16H15N3O2. The van der Waals surface area contributed by atoms with Crippen molar-refractivity contribution in [2.24, 2.45) is 0 Å². The molecule has 3 aromatic rings. The summed E-state index contributed by atoms with van der Waals surface area (Å²) in [5, 5.41) is 0. The van der Waals surface area contributed by atoms with Crippen molar-refractivity contribution < 1.29 is 9.53 Å². The molecule has 21 heavy (non-hydrogen) atoms. The first-order valence-electron chi connectivity index (χ1n) is 6.56. The predicted molar refractivity (Wildman–Crippen MR) is 81.4 cm³/mol. The van der Waals surface area contributed by atoms with Crippen molar-refractivity contribution in [1.29, 1.82) is 0 Å². The minimum atomic E-state index is 0.312. The second-order valence-corrected chi connectivity index (χ2v) is 4.84. The topological polar surface area (TPSA) is 46.8 Å². The molecule has 0 radical (unpaired) electrons. The van der Waals surface area contributed by atoms with Crippen molar-refractivity contribution in [2.45, 2.75) is 0 Å². The molecule has 0 bridgehead atoms. The fourth-order valence-corrected chi connectivity index (χ4v) is 2.11. The van der Waals surface area contributed by atoms with Gasteiger partial charge in [-0.3, -0.25) is 9.20 Å². The third kappa shape index (κ3) is 2.45. The maximum absolute atomic E-state index is 11.3. The van der Waals surface area contributed by atoms with Crippen LogP contribution >= 0.6 is 0 Å². The van der Waals surface area contributed by atoms with Gasteiger partial charge in [0.15, 0.2) is 12.0 Å². The van der Waals surface area contributed by atoms with Gasteiger partial charge in [-0.1, -0.05) is 12.1 Å². The molecule has 5 nitrogen and oxygen atoms in total. The average molecular weight is 281 g/mol. The Morgan fingerprint density at radius 2 is 2.05 bits per heavy atom. The molecule has 3 rings (SSSR count). The Kier molecular flexibility index (Phi) is 3.31. The molecule has 2 heterocycles. The van der Waals surface area contributed by atoms with Gasteiger partial charge in [0.2, 0.25) is 5.88 Å². The van der Waals surface area contributed by atoms with Crippen molar-refractivity contribution in [1.82, 2.24) is 9.38 Å². The van der Waals surface area contributed by atoms with Crippen LogP contribution in [0.2, 0.25) is 0 Å². The molecule has 0 aliphatic rings. The number of anilines is 1. The average Bonchev–Trinajstić information content (AvgIpc) is 2.84. The van der Waals surface area contributed by atoms with Crippen molar-refractivity contribution in [3.63, 3.8) is 0 Å². The lowest BCUT2D eigenvalue weighted by molar-refractivity contribution is 0.111. The number of carbonyl (C=O) groups is 1. The zero-order valence-corrected chi connectivity index (χ0v) is 11.9. The highest BCUT2D eigenvalue weighted by atomic mass is 16.5. The zero-order valence-electron chi connectivity index (χ0n) is 11.9. The molecule has 0 N–H and O–H groups in total. The van der Waals surface area contributed by atoms with E-state index in [0.717, 1.165) is 12.0 Å². The van der Waals surface area contributed by atoms with Crippen LogP contribution in [0.1, 0.15) is 10.5 Å². The Hall–Kier alpha value is -2.82. The third-order valence-electron chi connectivity index (χ3n) is 3.19. The lowest BCUT2D eigenvalue weighted by Crippen LogP contribution is -2.08. The minimum absolute atomic E-state index is 0.312. The van der Waals surface area contributed by atoms with E-state index in [4.69, 9.17) is 4.74 Å². The lowest BCUT2D eigenvalue weighted by atomic mass is 10.3. The standard InChI is InChI=1S/C16H15N3O2/c1-18(2)12-6-5-7-13(10-12)21-16-14(11-20)19-9-4-3-8-15(19)17-16/h3-11H,1-2H3. The largest absolute Gasteiger partial charge is 0.437 e. The van der Waals surface area contributed by atoms with Crippen LogP contribution < -0.4 is 9.64 Å². The Balaban J connectivity index is 2.01. The number of ether oxygens (including phenoxy) is 1. The van der Waals surface area contributed by atoms with Crippen LogP contribution in [-0.4, -0.2) is 29.8 Å². The Morgan fingerprint density at radius 1 is 1.19 bits per heavy atom. The number of hydrogen-bond donors (Lipinski definition) is 0. The minimum Gasteiger partial charge on any atom is -0.437 e. The molecule has 106 valence electrons. The number of nitrogens with zero attached hydrogens (tertiary/aromatic N) is 3. The van der Waals surface area contributed by atoms with E-state index in [1.54, 1.807) is 10.6 Å².